The molecule has 0 saturated carbocycles. The van der Waals surface area contributed by atoms with Gasteiger partial charge in [-0.3, -0.25) is 0 Å². The molecule has 100 valence electrons. The topological polar surface area (TPSA) is 26.0 Å². The van der Waals surface area contributed by atoms with E-state index in [-0.39, 0.29) is 17.5 Å². The van der Waals surface area contributed by atoms with Crippen LogP contribution in [0.5, 0.6) is 0 Å². The summed E-state index contributed by atoms with van der Waals surface area (Å²) in [7, 11) is 0. The van der Waals surface area contributed by atoms with Crippen LogP contribution in [0.3, 0.4) is 0 Å². The Morgan fingerprint density at radius 1 is 1.11 bits per heavy atom. The van der Waals surface area contributed by atoms with Crippen molar-refractivity contribution in [1.29, 1.82) is 0 Å². The molecule has 0 saturated heterocycles. The third-order valence-corrected chi connectivity index (χ3v) is 3.45. The molecule has 0 spiro atoms. The first-order chi connectivity index (χ1) is 8.99. The van der Waals surface area contributed by atoms with Crippen LogP contribution in [-0.4, -0.2) is 0 Å². The van der Waals surface area contributed by atoms with Crippen LogP contribution in [-0.2, 0) is 6.42 Å². The third kappa shape index (κ3) is 3.16. The summed E-state index contributed by atoms with van der Waals surface area (Å²) in [4.78, 5) is 0. The monoisotopic (exact) mass is 329 g/mol. The predicted molar refractivity (Wildman–Crippen MR) is 71.1 cm³/mol. The number of hydrogen-bond donors (Lipinski definition) is 1. The van der Waals surface area contributed by atoms with E-state index < -0.39 is 23.5 Å². The first-order valence-electron chi connectivity index (χ1n) is 5.62. The van der Waals surface area contributed by atoms with Crippen LogP contribution in [0, 0.1) is 17.5 Å². The second-order valence-electron chi connectivity index (χ2n) is 4.19. The molecule has 0 aliphatic carbocycles. The molecule has 0 heterocycles. The van der Waals surface area contributed by atoms with Crippen molar-refractivity contribution in [3.63, 3.8) is 0 Å². The second-order valence-corrected chi connectivity index (χ2v) is 5.04. The van der Waals surface area contributed by atoms with Crippen molar-refractivity contribution in [2.24, 2.45) is 5.73 Å². The van der Waals surface area contributed by atoms with Crippen LogP contribution < -0.4 is 5.73 Å². The average Bonchev–Trinajstić information content (AvgIpc) is 2.36. The van der Waals surface area contributed by atoms with E-state index in [1.54, 1.807) is 18.2 Å². The Bertz CT molecular complexity index is 601. The Morgan fingerprint density at radius 3 is 2.53 bits per heavy atom. The molecule has 5 heteroatoms. The molecule has 0 bridgehead atoms. The lowest BCUT2D eigenvalue weighted by Gasteiger charge is -2.14. The van der Waals surface area contributed by atoms with Gasteiger partial charge < -0.3 is 5.73 Å². The Labute approximate surface area is 117 Å². The molecule has 0 aliphatic heterocycles. The maximum atomic E-state index is 13.8. The zero-order chi connectivity index (χ0) is 14.0. The normalized spacial score (nSPS) is 12.5. The molecule has 0 aliphatic rings. The highest BCUT2D eigenvalue weighted by Crippen LogP contribution is 2.25. The molecule has 0 radical (unpaired) electrons. The van der Waals surface area contributed by atoms with E-state index in [0.29, 0.717) is 4.47 Å². The third-order valence-electron chi connectivity index (χ3n) is 2.84. The zero-order valence-electron chi connectivity index (χ0n) is 9.84. The molecule has 0 amide bonds. The number of halogens is 4. The molecule has 2 aromatic rings. The zero-order valence-corrected chi connectivity index (χ0v) is 11.4. The van der Waals surface area contributed by atoms with Crippen LogP contribution in [0.4, 0.5) is 13.2 Å². The molecule has 1 unspecified atom stereocenters. The number of benzene rings is 2. The van der Waals surface area contributed by atoms with Crippen molar-refractivity contribution in [2.75, 3.05) is 0 Å². The summed E-state index contributed by atoms with van der Waals surface area (Å²) in [6, 6.07) is 7.33. The smallest absolute Gasteiger partial charge is 0.142 e. The van der Waals surface area contributed by atoms with Gasteiger partial charge >= 0.3 is 0 Å². The Hall–Kier alpha value is -1.33. The maximum Gasteiger partial charge on any atom is 0.142 e. The van der Waals surface area contributed by atoms with Crippen molar-refractivity contribution in [1.82, 2.24) is 0 Å². The van der Waals surface area contributed by atoms with E-state index in [4.69, 9.17) is 5.73 Å². The van der Waals surface area contributed by atoms with Crippen molar-refractivity contribution < 1.29 is 13.2 Å². The van der Waals surface area contributed by atoms with Gasteiger partial charge in [0.15, 0.2) is 0 Å². The van der Waals surface area contributed by atoms with Gasteiger partial charge in [0.25, 0.3) is 0 Å². The Morgan fingerprint density at radius 2 is 1.84 bits per heavy atom. The van der Waals surface area contributed by atoms with Crippen LogP contribution in [0.15, 0.2) is 40.9 Å². The van der Waals surface area contributed by atoms with Gasteiger partial charge in [-0.1, -0.05) is 18.2 Å². The lowest BCUT2D eigenvalue weighted by atomic mass is 9.99. The SMILES string of the molecule is NC(Cc1ccc(F)cc1F)c1cccc(Br)c1F. The fourth-order valence-electron chi connectivity index (χ4n) is 1.84. The van der Waals surface area contributed by atoms with Crippen LogP contribution in [0.1, 0.15) is 17.2 Å². The summed E-state index contributed by atoms with van der Waals surface area (Å²) in [6.07, 6.45) is 0.0967. The quantitative estimate of drug-likeness (QED) is 0.901. The molecule has 1 atom stereocenters. The first kappa shape index (κ1) is 14.1. The lowest BCUT2D eigenvalue weighted by Crippen LogP contribution is -2.16. The summed E-state index contributed by atoms with van der Waals surface area (Å²) < 4.78 is 40.4. The molecule has 0 fully saturated rings. The Balaban J connectivity index is 2.25. The second kappa shape index (κ2) is 5.75. The molecular weight excluding hydrogens is 319 g/mol. The Kier molecular flexibility index (Phi) is 4.27. The van der Waals surface area contributed by atoms with Gasteiger partial charge in [-0.25, -0.2) is 13.2 Å². The molecular formula is C14H11BrF3N. The average molecular weight is 330 g/mol. The van der Waals surface area contributed by atoms with Crippen LogP contribution >= 0.6 is 15.9 Å². The van der Waals surface area contributed by atoms with Crippen molar-refractivity contribution in [2.45, 2.75) is 12.5 Å². The number of hydrogen-bond acceptors (Lipinski definition) is 1. The molecule has 1 nitrogen and oxygen atoms in total. The highest BCUT2D eigenvalue weighted by atomic mass is 79.9. The minimum atomic E-state index is -0.697. The van der Waals surface area contributed by atoms with Crippen molar-refractivity contribution in [3.8, 4) is 0 Å². The van der Waals surface area contributed by atoms with Gasteiger partial charge in [-0.05, 0) is 40.0 Å². The van der Waals surface area contributed by atoms with Crippen molar-refractivity contribution in [3.05, 3.63) is 69.4 Å². The van der Waals surface area contributed by atoms with Gasteiger partial charge in [0.05, 0.1) is 4.47 Å². The number of rotatable bonds is 3. The van der Waals surface area contributed by atoms with E-state index in [0.717, 1.165) is 12.1 Å². The molecule has 2 aromatic carbocycles. The van der Waals surface area contributed by atoms with Gasteiger partial charge in [0.1, 0.15) is 17.5 Å². The molecule has 2 N–H and O–H groups in total. The lowest BCUT2D eigenvalue weighted by molar-refractivity contribution is 0.548. The minimum absolute atomic E-state index is 0.0967. The highest BCUT2D eigenvalue weighted by molar-refractivity contribution is 9.10. The highest BCUT2D eigenvalue weighted by Gasteiger charge is 2.16. The van der Waals surface area contributed by atoms with Gasteiger partial charge in [-0.15, -0.1) is 0 Å². The van der Waals surface area contributed by atoms with E-state index in [1.165, 1.54) is 6.07 Å². The largest absolute Gasteiger partial charge is 0.324 e. The van der Waals surface area contributed by atoms with E-state index in [1.807, 2.05) is 0 Å². The number of nitrogens with two attached hydrogens (primary N) is 1. The molecule has 2 rings (SSSR count). The van der Waals surface area contributed by atoms with Crippen LogP contribution in [0.25, 0.3) is 0 Å². The van der Waals surface area contributed by atoms with E-state index >= 15 is 0 Å². The summed E-state index contributed by atoms with van der Waals surface area (Å²) >= 11 is 3.07. The van der Waals surface area contributed by atoms with Crippen LogP contribution in [0.2, 0.25) is 0 Å². The van der Waals surface area contributed by atoms with Crippen molar-refractivity contribution >= 4 is 15.9 Å². The molecule has 19 heavy (non-hydrogen) atoms. The fraction of sp³-hybridized carbons (Fsp3) is 0.143. The fourth-order valence-corrected chi connectivity index (χ4v) is 2.22. The van der Waals surface area contributed by atoms with Gasteiger partial charge in [0, 0.05) is 17.7 Å². The summed E-state index contributed by atoms with van der Waals surface area (Å²) in [5.41, 5.74) is 6.43. The summed E-state index contributed by atoms with van der Waals surface area (Å²) in [6.45, 7) is 0. The molecule has 0 aromatic heterocycles. The van der Waals surface area contributed by atoms with E-state index in [2.05, 4.69) is 15.9 Å². The minimum Gasteiger partial charge on any atom is -0.324 e. The van der Waals surface area contributed by atoms with E-state index in [9.17, 15) is 13.2 Å². The van der Waals surface area contributed by atoms with Gasteiger partial charge in [0.2, 0.25) is 0 Å². The predicted octanol–water partition coefficient (Wildman–Crippen LogP) is 4.11. The summed E-state index contributed by atoms with van der Waals surface area (Å²) in [5.74, 6) is -1.79. The van der Waals surface area contributed by atoms with Gasteiger partial charge in [-0.2, -0.15) is 0 Å². The maximum absolute atomic E-state index is 13.8. The first-order valence-corrected chi connectivity index (χ1v) is 6.41. The summed E-state index contributed by atoms with van der Waals surface area (Å²) in [5, 5.41) is 0. The standard InChI is InChI=1S/C14H11BrF3N/c15-11-3-1-2-10(14(11)18)13(19)6-8-4-5-9(16)7-12(8)17/h1-5,7,13H,6,19H2.